The van der Waals surface area contributed by atoms with E-state index in [0.29, 0.717) is 21.2 Å². The Morgan fingerprint density at radius 1 is 0.778 bits per heavy atom. The van der Waals surface area contributed by atoms with Gasteiger partial charge < -0.3 is 0 Å². The van der Waals surface area contributed by atoms with Crippen molar-refractivity contribution in [3.05, 3.63) is 57.0 Å². The molecule has 0 aliphatic rings. The quantitative estimate of drug-likeness (QED) is 0.615. The fourth-order valence-corrected chi connectivity index (χ4v) is 2.36. The highest BCUT2D eigenvalue weighted by molar-refractivity contribution is 6.36. The van der Waals surface area contributed by atoms with Gasteiger partial charge in [0.2, 0.25) is 0 Å². The van der Waals surface area contributed by atoms with Crippen LogP contribution in [0.3, 0.4) is 0 Å². The molecule has 0 aliphatic heterocycles. The molecule has 0 saturated heterocycles. The van der Waals surface area contributed by atoms with E-state index in [9.17, 15) is 8.78 Å². The molecular weight excluding hydrogens is 300 g/mol. The molecule has 0 heterocycles. The van der Waals surface area contributed by atoms with Crippen LogP contribution < -0.4 is 0 Å². The Hall–Kier alpha value is -0.830. The largest absolute Gasteiger partial charge is 0.264 e. The summed E-state index contributed by atoms with van der Waals surface area (Å²) in [6.07, 6.45) is -2.62. The molecule has 2 rings (SSSR count). The maximum absolute atomic E-state index is 13.0. The highest BCUT2D eigenvalue weighted by atomic mass is 35.5. The highest BCUT2D eigenvalue weighted by Crippen LogP contribution is 2.37. The summed E-state index contributed by atoms with van der Waals surface area (Å²) in [5.41, 5.74) is 0.718. The van der Waals surface area contributed by atoms with Crippen molar-refractivity contribution < 1.29 is 8.78 Å². The number of rotatable bonds is 2. The maximum atomic E-state index is 13.0. The van der Waals surface area contributed by atoms with Crippen LogP contribution in [0, 0.1) is 0 Å². The molecule has 0 bridgehead atoms. The van der Waals surface area contributed by atoms with Crippen LogP contribution >= 0.6 is 34.8 Å². The zero-order valence-corrected chi connectivity index (χ0v) is 11.2. The number of hydrogen-bond acceptors (Lipinski definition) is 0. The topological polar surface area (TPSA) is 0 Å². The molecule has 0 amide bonds. The second-order valence-electron chi connectivity index (χ2n) is 3.66. The minimum absolute atomic E-state index is 0.147. The second-order valence-corrected chi connectivity index (χ2v) is 4.94. The summed E-state index contributed by atoms with van der Waals surface area (Å²) in [6, 6.07) is 9.05. The fourth-order valence-electron chi connectivity index (χ4n) is 1.67. The van der Waals surface area contributed by atoms with E-state index in [1.165, 1.54) is 18.2 Å². The molecule has 0 nitrogen and oxygen atoms in total. The zero-order chi connectivity index (χ0) is 13.3. The fraction of sp³-hybridized carbons (Fsp3) is 0.0769. The lowest BCUT2D eigenvalue weighted by molar-refractivity contribution is 0.152. The molecule has 0 atom stereocenters. The summed E-state index contributed by atoms with van der Waals surface area (Å²) in [6.45, 7) is 0. The Kier molecular flexibility index (Phi) is 4.10. The van der Waals surface area contributed by atoms with Crippen molar-refractivity contribution >= 4 is 34.8 Å². The molecular formula is C13H7Cl3F2. The minimum atomic E-state index is -2.62. The van der Waals surface area contributed by atoms with Crippen molar-refractivity contribution in [2.24, 2.45) is 0 Å². The van der Waals surface area contributed by atoms with Gasteiger partial charge in [0.25, 0.3) is 6.43 Å². The molecule has 0 aliphatic carbocycles. The molecule has 5 heteroatoms. The van der Waals surface area contributed by atoms with Gasteiger partial charge in [-0.25, -0.2) is 8.78 Å². The molecule has 0 spiro atoms. The van der Waals surface area contributed by atoms with Crippen molar-refractivity contribution in [3.8, 4) is 11.1 Å². The third-order valence-corrected chi connectivity index (χ3v) is 3.25. The number of benzene rings is 2. The van der Waals surface area contributed by atoms with Crippen LogP contribution in [0.5, 0.6) is 0 Å². The monoisotopic (exact) mass is 306 g/mol. The van der Waals surface area contributed by atoms with Crippen molar-refractivity contribution in [1.29, 1.82) is 0 Å². The average molecular weight is 308 g/mol. The van der Waals surface area contributed by atoms with E-state index in [1.807, 2.05) is 0 Å². The molecule has 0 fully saturated rings. The van der Waals surface area contributed by atoms with Gasteiger partial charge in [0, 0.05) is 26.2 Å². The molecule has 0 unspecified atom stereocenters. The van der Waals surface area contributed by atoms with Crippen LogP contribution in [0.4, 0.5) is 8.78 Å². The third-order valence-electron chi connectivity index (χ3n) is 2.47. The van der Waals surface area contributed by atoms with Crippen LogP contribution in [-0.2, 0) is 0 Å². The average Bonchev–Trinajstić information content (AvgIpc) is 2.29. The van der Waals surface area contributed by atoms with Gasteiger partial charge in [0.05, 0.1) is 0 Å². The first-order valence-corrected chi connectivity index (χ1v) is 6.15. The number of hydrogen-bond donors (Lipinski definition) is 0. The summed E-state index contributed by atoms with van der Waals surface area (Å²) >= 11 is 17.5. The lowest BCUT2D eigenvalue weighted by atomic mass is 10.00. The maximum Gasteiger partial charge on any atom is 0.264 e. The van der Waals surface area contributed by atoms with Crippen LogP contribution in [-0.4, -0.2) is 0 Å². The Bertz CT molecular complexity index is 582. The van der Waals surface area contributed by atoms with E-state index in [4.69, 9.17) is 34.8 Å². The smallest absolute Gasteiger partial charge is 0.205 e. The molecule has 94 valence electrons. The lowest BCUT2D eigenvalue weighted by Gasteiger charge is -2.11. The van der Waals surface area contributed by atoms with E-state index < -0.39 is 6.43 Å². The predicted molar refractivity (Wildman–Crippen MR) is 71.9 cm³/mol. The number of halogens is 5. The van der Waals surface area contributed by atoms with E-state index in [2.05, 4.69) is 0 Å². The summed E-state index contributed by atoms with van der Waals surface area (Å²) < 4.78 is 26.0. The van der Waals surface area contributed by atoms with E-state index in [1.54, 1.807) is 18.2 Å². The summed E-state index contributed by atoms with van der Waals surface area (Å²) in [5, 5.41) is 1.04. The molecule has 0 saturated carbocycles. The molecule has 0 aromatic heterocycles. The number of alkyl halides is 2. The van der Waals surface area contributed by atoms with Crippen molar-refractivity contribution in [2.45, 2.75) is 6.43 Å². The Morgan fingerprint density at radius 2 is 1.33 bits per heavy atom. The van der Waals surface area contributed by atoms with Gasteiger partial charge in [0.1, 0.15) is 0 Å². The first kappa shape index (κ1) is 13.6. The Morgan fingerprint density at radius 3 is 1.89 bits per heavy atom. The predicted octanol–water partition coefficient (Wildman–Crippen LogP) is 6.25. The van der Waals surface area contributed by atoms with Crippen LogP contribution in [0.25, 0.3) is 11.1 Å². The Balaban J connectivity index is 2.63. The van der Waals surface area contributed by atoms with Crippen molar-refractivity contribution in [2.75, 3.05) is 0 Å². The molecule has 0 N–H and O–H groups in total. The summed E-state index contributed by atoms with van der Waals surface area (Å²) in [7, 11) is 0. The molecule has 18 heavy (non-hydrogen) atoms. The molecule has 2 aromatic carbocycles. The zero-order valence-electron chi connectivity index (χ0n) is 8.93. The minimum Gasteiger partial charge on any atom is -0.205 e. The van der Waals surface area contributed by atoms with E-state index in [-0.39, 0.29) is 10.6 Å². The van der Waals surface area contributed by atoms with Crippen molar-refractivity contribution in [1.82, 2.24) is 0 Å². The van der Waals surface area contributed by atoms with Crippen LogP contribution in [0.2, 0.25) is 15.1 Å². The normalized spacial score (nSPS) is 11.0. The Labute approximate surface area is 118 Å². The van der Waals surface area contributed by atoms with Gasteiger partial charge in [-0.05, 0) is 29.8 Å². The van der Waals surface area contributed by atoms with Crippen LogP contribution in [0.1, 0.15) is 12.0 Å². The van der Waals surface area contributed by atoms with Gasteiger partial charge in [0.15, 0.2) is 0 Å². The second kappa shape index (κ2) is 5.43. The van der Waals surface area contributed by atoms with E-state index in [0.717, 1.165) is 0 Å². The first-order valence-electron chi connectivity index (χ1n) is 5.02. The van der Waals surface area contributed by atoms with Gasteiger partial charge in [-0.15, -0.1) is 0 Å². The van der Waals surface area contributed by atoms with Crippen molar-refractivity contribution in [3.63, 3.8) is 0 Å². The standard InChI is InChI=1S/C13H7Cl3F2/c14-7-1-3-9(11(5-7)13(17)18)10-4-2-8(15)6-12(10)16/h1-6,13H. The van der Waals surface area contributed by atoms with Gasteiger partial charge in [-0.3, -0.25) is 0 Å². The molecule has 2 aromatic rings. The van der Waals surface area contributed by atoms with Gasteiger partial charge in [-0.2, -0.15) is 0 Å². The first-order chi connectivity index (χ1) is 8.49. The lowest BCUT2D eigenvalue weighted by Crippen LogP contribution is -1.91. The van der Waals surface area contributed by atoms with Gasteiger partial charge in [-0.1, -0.05) is 46.9 Å². The molecule has 0 radical (unpaired) electrons. The summed E-state index contributed by atoms with van der Waals surface area (Å²) in [4.78, 5) is 0. The van der Waals surface area contributed by atoms with Crippen LogP contribution in [0.15, 0.2) is 36.4 Å². The SMILES string of the molecule is FC(F)c1cc(Cl)ccc1-c1ccc(Cl)cc1Cl. The summed E-state index contributed by atoms with van der Waals surface area (Å²) in [5.74, 6) is 0. The van der Waals surface area contributed by atoms with E-state index >= 15 is 0 Å². The third kappa shape index (κ3) is 2.77. The highest BCUT2D eigenvalue weighted by Gasteiger charge is 2.16. The van der Waals surface area contributed by atoms with Gasteiger partial charge >= 0.3 is 0 Å².